The molecule has 19 heavy (non-hydrogen) atoms. The lowest BCUT2D eigenvalue weighted by Crippen LogP contribution is -2.08. The number of hydrogen-bond acceptors (Lipinski definition) is 3. The van der Waals surface area contributed by atoms with Crippen LogP contribution in [0, 0.1) is 5.92 Å². The van der Waals surface area contributed by atoms with Gasteiger partial charge in [0.25, 0.3) is 0 Å². The molecule has 1 aromatic carbocycles. The van der Waals surface area contributed by atoms with Gasteiger partial charge in [-0.15, -0.1) is 0 Å². The van der Waals surface area contributed by atoms with Crippen molar-refractivity contribution in [3.63, 3.8) is 0 Å². The summed E-state index contributed by atoms with van der Waals surface area (Å²) < 4.78 is 28.1. The van der Waals surface area contributed by atoms with Gasteiger partial charge < -0.3 is 4.74 Å². The minimum atomic E-state index is -3.40. The van der Waals surface area contributed by atoms with E-state index in [-0.39, 0.29) is 11.7 Å². The molecular weight excluding hydrogens is 375 g/mol. The van der Waals surface area contributed by atoms with Crippen molar-refractivity contribution >= 4 is 47.3 Å². The normalized spacial score (nSPS) is 13.3. The second-order valence-electron chi connectivity index (χ2n) is 4.35. The van der Waals surface area contributed by atoms with E-state index in [0.29, 0.717) is 18.1 Å². The molecule has 0 aliphatic carbocycles. The molecule has 3 nitrogen and oxygen atoms in total. The molecule has 0 aromatic heterocycles. The minimum absolute atomic E-state index is 0.000359. The fraction of sp³-hybridized carbons (Fsp3) is 0.500. The van der Waals surface area contributed by atoms with Crippen LogP contribution >= 0.6 is 38.2 Å². The highest BCUT2D eigenvalue weighted by molar-refractivity contribution is 9.10. The maximum Gasteiger partial charge on any atom is 0.232 e. The molecule has 0 saturated carbocycles. The predicted octanol–water partition coefficient (Wildman–Crippen LogP) is 4.47. The highest BCUT2D eigenvalue weighted by Crippen LogP contribution is 2.28. The molecule has 0 heterocycles. The lowest BCUT2D eigenvalue weighted by atomic mass is 10.1. The molecular formula is C12H15BrCl2O3S. The zero-order chi connectivity index (χ0) is 14.5. The molecule has 1 aromatic rings. The highest BCUT2D eigenvalue weighted by atomic mass is 79.9. The van der Waals surface area contributed by atoms with Crippen LogP contribution in [0.15, 0.2) is 22.7 Å². The third-order valence-corrected chi connectivity index (χ3v) is 4.66. The quantitative estimate of drug-likeness (QED) is 0.646. The first-order chi connectivity index (χ1) is 8.78. The average molecular weight is 390 g/mol. The molecule has 0 radical (unpaired) electrons. The van der Waals surface area contributed by atoms with Crippen molar-refractivity contribution < 1.29 is 13.2 Å². The first-order valence-corrected chi connectivity index (χ1v) is 9.43. The van der Waals surface area contributed by atoms with E-state index in [2.05, 4.69) is 15.9 Å². The highest BCUT2D eigenvalue weighted by Gasteiger charge is 2.10. The summed E-state index contributed by atoms with van der Waals surface area (Å²) in [7, 11) is 1.77. The second-order valence-corrected chi connectivity index (χ2v) is 8.54. The molecule has 7 heteroatoms. The fourth-order valence-corrected chi connectivity index (χ4v) is 3.20. The van der Waals surface area contributed by atoms with Crippen LogP contribution in [-0.2, 0) is 9.05 Å². The first-order valence-electron chi connectivity index (χ1n) is 5.78. The Morgan fingerprint density at radius 3 is 2.63 bits per heavy atom. The van der Waals surface area contributed by atoms with Gasteiger partial charge in [0.05, 0.1) is 16.8 Å². The van der Waals surface area contributed by atoms with Crippen molar-refractivity contribution in [3.05, 3.63) is 27.7 Å². The monoisotopic (exact) mass is 388 g/mol. The van der Waals surface area contributed by atoms with Crippen LogP contribution < -0.4 is 4.74 Å². The Morgan fingerprint density at radius 1 is 1.37 bits per heavy atom. The van der Waals surface area contributed by atoms with E-state index in [0.717, 1.165) is 16.6 Å². The summed E-state index contributed by atoms with van der Waals surface area (Å²) in [6, 6.07) is 5.31. The lowest BCUT2D eigenvalue weighted by Gasteiger charge is -2.12. The number of halogens is 3. The van der Waals surface area contributed by atoms with Crippen LogP contribution in [-0.4, -0.2) is 20.8 Å². The van der Waals surface area contributed by atoms with Gasteiger partial charge in [-0.1, -0.05) is 18.5 Å². The van der Waals surface area contributed by atoms with Crippen LogP contribution in [0.2, 0.25) is 5.02 Å². The van der Waals surface area contributed by atoms with E-state index in [1.807, 2.05) is 6.92 Å². The summed E-state index contributed by atoms with van der Waals surface area (Å²) in [5, 5.41) is 0.639. The molecule has 0 bridgehead atoms. The van der Waals surface area contributed by atoms with Gasteiger partial charge in [0.1, 0.15) is 5.75 Å². The second kappa shape index (κ2) is 7.72. The summed E-state index contributed by atoms with van der Waals surface area (Å²) in [6.07, 6.45) is 1.30. The fourth-order valence-electron chi connectivity index (χ4n) is 1.45. The van der Waals surface area contributed by atoms with Gasteiger partial charge in [-0.05, 0) is 52.9 Å². The molecule has 1 atom stereocenters. The van der Waals surface area contributed by atoms with Gasteiger partial charge in [-0.2, -0.15) is 0 Å². The summed E-state index contributed by atoms with van der Waals surface area (Å²) in [6.45, 7) is 2.49. The van der Waals surface area contributed by atoms with Crippen molar-refractivity contribution in [1.29, 1.82) is 0 Å². The van der Waals surface area contributed by atoms with Crippen LogP contribution in [0.4, 0.5) is 0 Å². The Balaban J connectivity index is 2.33. The molecule has 0 aliphatic heterocycles. The van der Waals surface area contributed by atoms with E-state index in [9.17, 15) is 8.42 Å². The Bertz CT molecular complexity index is 520. The standard InChI is InChI=1S/C12H15BrCl2O3S/c1-9(5-7-19(15,16)17)4-6-18-12-3-2-10(14)8-11(12)13/h2-3,8-9H,4-7H2,1H3. The van der Waals surface area contributed by atoms with E-state index >= 15 is 0 Å². The third kappa shape index (κ3) is 7.40. The molecule has 1 rings (SSSR count). The predicted molar refractivity (Wildman–Crippen MR) is 82.7 cm³/mol. The summed E-state index contributed by atoms with van der Waals surface area (Å²) in [4.78, 5) is 0. The zero-order valence-electron chi connectivity index (χ0n) is 10.4. The van der Waals surface area contributed by atoms with Crippen LogP contribution in [0.1, 0.15) is 19.8 Å². The number of hydrogen-bond donors (Lipinski definition) is 0. The zero-order valence-corrected chi connectivity index (χ0v) is 14.3. The molecule has 0 spiro atoms. The summed E-state index contributed by atoms with van der Waals surface area (Å²) >= 11 is 9.20. The maximum absolute atomic E-state index is 10.8. The van der Waals surface area contributed by atoms with E-state index in [1.165, 1.54) is 0 Å². The van der Waals surface area contributed by atoms with Crippen LogP contribution in [0.25, 0.3) is 0 Å². The Hall–Kier alpha value is 0.0300. The van der Waals surface area contributed by atoms with Gasteiger partial charge in [0.2, 0.25) is 9.05 Å². The molecule has 0 aliphatic rings. The minimum Gasteiger partial charge on any atom is -0.492 e. The summed E-state index contributed by atoms with van der Waals surface area (Å²) in [5.74, 6) is 0.960. The van der Waals surface area contributed by atoms with Crippen molar-refractivity contribution in [3.8, 4) is 5.75 Å². The molecule has 0 saturated heterocycles. The van der Waals surface area contributed by atoms with Crippen LogP contribution in [0.3, 0.4) is 0 Å². The smallest absolute Gasteiger partial charge is 0.232 e. The van der Waals surface area contributed by atoms with Gasteiger partial charge in [-0.3, -0.25) is 0 Å². The Labute approximate surface area is 131 Å². The van der Waals surface area contributed by atoms with Crippen molar-refractivity contribution in [2.75, 3.05) is 12.4 Å². The number of benzene rings is 1. The topological polar surface area (TPSA) is 43.4 Å². The first kappa shape index (κ1) is 17.1. The van der Waals surface area contributed by atoms with Crippen LogP contribution in [0.5, 0.6) is 5.75 Å². The van der Waals surface area contributed by atoms with Crippen molar-refractivity contribution in [2.45, 2.75) is 19.8 Å². The van der Waals surface area contributed by atoms with Crippen molar-refractivity contribution in [1.82, 2.24) is 0 Å². The van der Waals surface area contributed by atoms with E-state index in [4.69, 9.17) is 27.0 Å². The van der Waals surface area contributed by atoms with E-state index < -0.39 is 9.05 Å². The molecule has 108 valence electrons. The molecule has 0 fully saturated rings. The molecule has 0 amide bonds. The van der Waals surface area contributed by atoms with E-state index in [1.54, 1.807) is 18.2 Å². The number of rotatable bonds is 7. The average Bonchev–Trinajstić information content (AvgIpc) is 2.28. The Morgan fingerprint density at radius 2 is 2.05 bits per heavy atom. The number of ether oxygens (including phenoxy) is 1. The van der Waals surface area contributed by atoms with Gasteiger partial charge in [-0.25, -0.2) is 8.42 Å². The Kier molecular flexibility index (Phi) is 6.94. The SMILES string of the molecule is CC(CCOc1ccc(Cl)cc1Br)CCS(=O)(=O)Cl. The van der Waals surface area contributed by atoms with Crippen molar-refractivity contribution in [2.24, 2.45) is 5.92 Å². The lowest BCUT2D eigenvalue weighted by molar-refractivity contribution is 0.280. The van der Waals surface area contributed by atoms with Gasteiger partial charge in [0, 0.05) is 15.7 Å². The molecule has 0 N–H and O–H groups in total. The van der Waals surface area contributed by atoms with Gasteiger partial charge in [0.15, 0.2) is 0 Å². The largest absolute Gasteiger partial charge is 0.492 e. The maximum atomic E-state index is 10.8. The molecule has 1 unspecified atom stereocenters. The summed E-state index contributed by atoms with van der Waals surface area (Å²) in [5.41, 5.74) is 0. The third-order valence-electron chi connectivity index (χ3n) is 2.62. The van der Waals surface area contributed by atoms with Gasteiger partial charge >= 0.3 is 0 Å².